The van der Waals surface area contributed by atoms with E-state index in [0.29, 0.717) is 32.2 Å². The van der Waals surface area contributed by atoms with E-state index in [1.807, 2.05) is 19.1 Å². The van der Waals surface area contributed by atoms with Crippen LogP contribution >= 0.6 is 0 Å². The van der Waals surface area contributed by atoms with Crippen molar-refractivity contribution in [1.29, 1.82) is 0 Å². The normalized spacial score (nSPS) is 11.3. The number of nitrogens with zero attached hydrogens (tertiary/aromatic N) is 2. The second-order valence-electron chi connectivity index (χ2n) is 5.84. The van der Waals surface area contributed by atoms with Crippen LogP contribution in [0.15, 0.2) is 47.6 Å². The predicted molar refractivity (Wildman–Crippen MR) is 104 cm³/mol. The van der Waals surface area contributed by atoms with E-state index in [2.05, 4.69) is 51.8 Å². The molecule has 26 heavy (non-hydrogen) atoms. The lowest BCUT2D eigenvalue weighted by molar-refractivity contribution is 0.143. The highest BCUT2D eigenvalue weighted by Crippen LogP contribution is 2.13. The van der Waals surface area contributed by atoms with Gasteiger partial charge < -0.3 is 20.1 Å². The van der Waals surface area contributed by atoms with Gasteiger partial charge in [-0.1, -0.05) is 35.9 Å². The maximum absolute atomic E-state index is 5.67. The van der Waals surface area contributed by atoms with Crippen LogP contribution in [0.25, 0.3) is 0 Å². The average Bonchev–Trinajstić information content (AvgIpc) is 2.66. The fraction of sp³-hybridized carbons (Fsp3) is 0.400. The van der Waals surface area contributed by atoms with Gasteiger partial charge in [-0.25, -0.2) is 9.98 Å². The summed E-state index contributed by atoms with van der Waals surface area (Å²) >= 11 is 0. The molecule has 0 aliphatic rings. The Balaban J connectivity index is 1.97. The number of hydrogen-bond acceptors (Lipinski definition) is 4. The highest BCUT2D eigenvalue weighted by atomic mass is 16.5. The molecule has 0 amide bonds. The van der Waals surface area contributed by atoms with Crippen LogP contribution < -0.4 is 15.4 Å². The number of aryl methyl sites for hydroxylation is 1. The molecule has 2 aromatic rings. The van der Waals surface area contributed by atoms with Crippen molar-refractivity contribution in [2.45, 2.75) is 26.9 Å². The van der Waals surface area contributed by atoms with Crippen molar-refractivity contribution in [3.8, 4) is 5.88 Å². The molecule has 0 saturated heterocycles. The first-order valence-electron chi connectivity index (χ1n) is 8.86. The third-order valence-electron chi connectivity index (χ3n) is 3.71. The lowest BCUT2D eigenvalue weighted by Crippen LogP contribution is -2.36. The summed E-state index contributed by atoms with van der Waals surface area (Å²) < 4.78 is 10.7. The van der Waals surface area contributed by atoms with Crippen LogP contribution in [0.5, 0.6) is 5.88 Å². The summed E-state index contributed by atoms with van der Waals surface area (Å²) in [6.07, 6.45) is 1.72. The number of guanidine groups is 1. The van der Waals surface area contributed by atoms with E-state index in [1.165, 1.54) is 11.1 Å². The fourth-order valence-corrected chi connectivity index (χ4v) is 2.29. The van der Waals surface area contributed by atoms with E-state index >= 15 is 0 Å². The number of rotatable bonds is 9. The number of pyridine rings is 1. The van der Waals surface area contributed by atoms with E-state index in [9.17, 15) is 0 Å². The third-order valence-corrected chi connectivity index (χ3v) is 3.71. The summed E-state index contributed by atoms with van der Waals surface area (Å²) in [5.41, 5.74) is 3.41. The van der Waals surface area contributed by atoms with Gasteiger partial charge in [0.2, 0.25) is 5.88 Å². The Morgan fingerprint density at radius 3 is 2.65 bits per heavy atom. The lowest BCUT2D eigenvalue weighted by atomic mass is 10.1. The van der Waals surface area contributed by atoms with Gasteiger partial charge in [0, 0.05) is 32.0 Å². The van der Waals surface area contributed by atoms with E-state index in [0.717, 1.165) is 18.1 Å². The molecule has 6 heteroatoms. The average molecular weight is 356 g/mol. The van der Waals surface area contributed by atoms with Gasteiger partial charge in [0.05, 0.1) is 13.2 Å². The van der Waals surface area contributed by atoms with Crippen LogP contribution in [0.3, 0.4) is 0 Å². The lowest BCUT2D eigenvalue weighted by Gasteiger charge is -2.14. The smallest absolute Gasteiger partial charge is 0.218 e. The molecule has 0 unspecified atom stereocenters. The second kappa shape index (κ2) is 11.1. The van der Waals surface area contributed by atoms with Gasteiger partial charge in [0.15, 0.2) is 5.96 Å². The maximum Gasteiger partial charge on any atom is 0.218 e. The number of methoxy groups -OCH3 is 1. The second-order valence-corrected chi connectivity index (χ2v) is 5.84. The molecule has 0 saturated carbocycles. The van der Waals surface area contributed by atoms with Gasteiger partial charge in [-0.2, -0.15) is 0 Å². The number of ether oxygens (including phenoxy) is 2. The largest absolute Gasteiger partial charge is 0.475 e. The molecule has 2 rings (SSSR count). The van der Waals surface area contributed by atoms with Crippen LogP contribution in [0.4, 0.5) is 0 Å². The zero-order chi connectivity index (χ0) is 18.6. The molecule has 0 atom stereocenters. The first kappa shape index (κ1) is 19.7. The minimum Gasteiger partial charge on any atom is -0.475 e. The summed E-state index contributed by atoms with van der Waals surface area (Å²) in [7, 11) is 1.65. The molecule has 140 valence electrons. The number of aromatic nitrogens is 1. The summed E-state index contributed by atoms with van der Waals surface area (Å²) in [5, 5.41) is 6.60. The first-order valence-corrected chi connectivity index (χ1v) is 8.86. The van der Waals surface area contributed by atoms with Crippen molar-refractivity contribution in [2.24, 2.45) is 4.99 Å². The van der Waals surface area contributed by atoms with Gasteiger partial charge in [0.25, 0.3) is 0 Å². The Labute approximate surface area is 155 Å². The first-order chi connectivity index (χ1) is 12.7. The van der Waals surface area contributed by atoms with E-state index < -0.39 is 0 Å². The molecule has 6 nitrogen and oxygen atoms in total. The van der Waals surface area contributed by atoms with Crippen molar-refractivity contribution >= 4 is 5.96 Å². The minimum absolute atomic E-state index is 0.474. The van der Waals surface area contributed by atoms with E-state index in [1.54, 1.807) is 13.3 Å². The number of aliphatic imine (C=N–C) groups is 1. The molecule has 1 aromatic carbocycles. The topological polar surface area (TPSA) is 67.8 Å². The molecular formula is C20H28N4O2. The molecule has 2 N–H and O–H groups in total. The van der Waals surface area contributed by atoms with E-state index in [-0.39, 0.29) is 0 Å². The van der Waals surface area contributed by atoms with Crippen LogP contribution in [0.2, 0.25) is 0 Å². The SMILES string of the molecule is CCNC(=NCc1ccc(C)cc1)NCc1cccnc1OCCOC. The third kappa shape index (κ3) is 6.72. The molecular weight excluding hydrogens is 328 g/mol. The zero-order valence-electron chi connectivity index (χ0n) is 15.8. The van der Waals surface area contributed by atoms with Crippen LogP contribution in [-0.2, 0) is 17.8 Å². The van der Waals surface area contributed by atoms with Crippen LogP contribution in [0.1, 0.15) is 23.6 Å². The van der Waals surface area contributed by atoms with Crippen molar-refractivity contribution < 1.29 is 9.47 Å². The standard InChI is InChI=1S/C20H28N4O2/c1-4-21-20(23-14-17-9-7-16(2)8-10-17)24-15-18-6-5-11-22-19(18)26-13-12-25-3/h5-11H,4,12-15H2,1-3H3,(H2,21,23,24). The van der Waals surface area contributed by atoms with Crippen molar-refractivity contribution in [1.82, 2.24) is 15.6 Å². The van der Waals surface area contributed by atoms with Crippen molar-refractivity contribution in [2.75, 3.05) is 26.9 Å². The van der Waals surface area contributed by atoms with Gasteiger partial charge in [-0.05, 0) is 25.5 Å². The Morgan fingerprint density at radius 1 is 1.12 bits per heavy atom. The predicted octanol–water partition coefficient (Wildman–Crippen LogP) is 2.67. The van der Waals surface area contributed by atoms with Gasteiger partial charge in [-0.15, -0.1) is 0 Å². The Kier molecular flexibility index (Phi) is 8.42. The van der Waals surface area contributed by atoms with Crippen LogP contribution in [0, 0.1) is 6.92 Å². The summed E-state index contributed by atoms with van der Waals surface area (Å²) in [6.45, 7) is 7.14. The Morgan fingerprint density at radius 2 is 1.92 bits per heavy atom. The molecule has 1 heterocycles. The summed E-state index contributed by atoms with van der Waals surface area (Å²) in [4.78, 5) is 8.94. The Bertz CT molecular complexity index is 686. The van der Waals surface area contributed by atoms with Crippen molar-refractivity contribution in [3.05, 3.63) is 59.3 Å². The van der Waals surface area contributed by atoms with Crippen LogP contribution in [-0.4, -0.2) is 37.8 Å². The summed E-state index contributed by atoms with van der Waals surface area (Å²) in [6, 6.07) is 12.3. The molecule has 0 spiro atoms. The highest BCUT2D eigenvalue weighted by Gasteiger charge is 2.06. The zero-order valence-corrected chi connectivity index (χ0v) is 15.8. The molecule has 0 fully saturated rings. The quantitative estimate of drug-likeness (QED) is 0.411. The minimum atomic E-state index is 0.474. The van der Waals surface area contributed by atoms with E-state index in [4.69, 9.17) is 9.47 Å². The van der Waals surface area contributed by atoms with Crippen molar-refractivity contribution in [3.63, 3.8) is 0 Å². The van der Waals surface area contributed by atoms with Gasteiger partial charge in [-0.3, -0.25) is 0 Å². The highest BCUT2D eigenvalue weighted by molar-refractivity contribution is 5.79. The Hall–Kier alpha value is -2.60. The molecule has 0 radical (unpaired) electrons. The number of hydrogen-bond donors (Lipinski definition) is 2. The summed E-state index contributed by atoms with van der Waals surface area (Å²) in [5.74, 6) is 1.38. The molecule has 1 aromatic heterocycles. The number of nitrogens with one attached hydrogen (secondary N) is 2. The van der Waals surface area contributed by atoms with Gasteiger partial charge >= 0.3 is 0 Å². The fourth-order valence-electron chi connectivity index (χ4n) is 2.29. The molecule has 0 aliphatic heterocycles. The molecule has 0 bridgehead atoms. The van der Waals surface area contributed by atoms with Gasteiger partial charge in [0.1, 0.15) is 6.61 Å². The monoisotopic (exact) mass is 356 g/mol. The number of benzene rings is 1. The molecule has 0 aliphatic carbocycles. The maximum atomic E-state index is 5.67.